The van der Waals surface area contributed by atoms with Gasteiger partial charge in [0.25, 0.3) is 0 Å². The van der Waals surface area contributed by atoms with Crippen molar-refractivity contribution in [2.24, 2.45) is 0 Å². The molecule has 0 bridgehead atoms. The van der Waals surface area contributed by atoms with Crippen LogP contribution in [0, 0.1) is 37.5 Å². The summed E-state index contributed by atoms with van der Waals surface area (Å²) in [4.78, 5) is 31.7. The van der Waals surface area contributed by atoms with Crippen molar-refractivity contribution in [3.8, 4) is 35.1 Å². The summed E-state index contributed by atoms with van der Waals surface area (Å²) < 4.78 is 10.1. The van der Waals surface area contributed by atoms with E-state index >= 15 is 0 Å². The molecule has 0 unspecified atom stereocenters. The Labute approximate surface area is 258 Å². The van der Waals surface area contributed by atoms with Crippen LogP contribution in [0.4, 0.5) is 0 Å². The van der Waals surface area contributed by atoms with E-state index in [4.69, 9.17) is 9.47 Å². The molecule has 0 saturated carbocycles. The van der Waals surface area contributed by atoms with E-state index in [9.17, 15) is 9.59 Å². The number of ether oxygens (including phenoxy) is 2. The fourth-order valence-electron chi connectivity index (χ4n) is 4.24. The van der Waals surface area contributed by atoms with E-state index in [0.717, 1.165) is 68.0 Å². The molecule has 0 aliphatic carbocycles. The van der Waals surface area contributed by atoms with Crippen molar-refractivity contribution in [2.75, 3.05) is 13.2 Å². The minimum absolute atomic E-state index is 0.312. The zero-order chi connectivity index (χ0) is 31.3. The lowest BCUT2D eigenvalue weighted by molar-refractivity contribution is -0.138. The van der Waals surface area contributed by atoms with Crippen molar-refractivity contribution < 1.29 is 19.1 Å². The molecule has 0 atom stereocenters. The molecule has 4 aromatic rings. The summed E-state index contributed by atoms with van der Waals surface area (Å²) in [7, 11) is 0. The van der Waals surface area contributed by atoms with Gasteiger partial charge in [-0.05, 0) is 72.5 Å². The highest BCUT2D eigenvalue weighted by atomic mass is 16.5. The van der Waals surface area contributed by atoms with Crippen LogP contribution < -0.4 is 0 Å². The van der Waals surface area contributed by atoms with Crippen molar-refractivity contribution in [1.29, 1.82) is 0 Å². The molecule has 0 radical (unpaired) electrons. The number of carbonyl (C=O) groups excluding carboxylic acids is 2. The maximum Gasteiger partial charge on any atom is 0.330 e. The Hall–Kier alpha value is -5.72. The third-order valence-corrected chi connectivity index (χ3v) is 6.59. The Morgan fingerprint density at radius 2 is 1.00 bits per heavy atom. The molecular weight excluding hydrogens is 548 g/mol. The summed E-state index contributed by atoms with van der Waals surface area (Å²) in [5, 5.41) is 0. The fraction of sp³-hybridized carbons (Fsp3) is 0.158. The summed E-state index contributed by atoms with van der Waals surface area (Å²) in [6.45, 7) is 11.4. The van der Waals surface area contributed by atoms with Crippen LogP contribution in [0.1, 0.15) is 44.5 Å². The van der Waals surface area contributed by atoms with Gasteiger partial charge in [-0.2, -0.15) is 0 Å². The third kappa shape index (κ3) is 9.14. The van der Waals surface area contributed by atoms with Crippen molar-refractivity contribution >= 4 is 11.9 Å². The van der Waals surface area contributed by atoms with Gasteiger partial charge in [-0.1, -0.05) is 61.1 Å². The number of pyridine rings is 2. The molecule has 0 N–H and O–H groups in total. The van der Waals surface area contributed by atoms with E-state index in [1.54, 1.807) is 12.4 Å². The molecule has 218 valence electrons. The molecule has 0 amide bonds. The van der Waals surface area contributed by atoms with Crippen molar-refractivity contribution in [3.63, 3.8) is 0 Å². The number of hydrogen-bond donors (Lipinski definition) is 0. The Balaban J connectivity index is 1.37. The van der Waals surface area contributed by atoms with Gasteiger partial charge in [0.2, 0.25) is 0 Å². The van der Waals surface area contributed by atoms with Crippen LogP contribution in [0.3, 0.4) is 0 Å². The molecule has 44 heavy (non-hydrogen) atoms. The zero-order valence-corrected chi connectivity index (χ0v) is 24.9. The van der Waals surface area contributed by atoms with Gasteiger partial charge in [0.1, 0.15) is 0 Å². The molecule has 2 heterocycles. The van der Waals surface area contributed by atoms with Crippen LogP contribution in [0.25, 0.3) is 11.4 Å². The normalized spacial score (nSPS) is 9.95. The number of aryl methyl sites for hydroxylation is 2. The minimum Gasteiger partial charge on any atom is -0.462 e. The molecule has 6 nitrogen and oxygen atoms in total. The summed E-state index contributed by atoms with van der Waals surface area (Å²) in [5.74, 6) is 11.9. The first-order chi connectivity index (χ1) is 21.3. The van der Waals surface area contributed by atoms with Crippen molar-refractivity contribution in [3.05, 3.63) is 143 Å². The predicted molar refractivity (Wildman–Crippen MR) is 172 cm³/mol. The third-order valence-electron chi connectivity index (χ3n) is 6.59. The average Bonchev–Trinajstić information content (AvgIpc) is 3.04. The van der Waals surface area contributed by atoms with E-state index in [-0.39, 0.29) is 0 Å². The largest absolute Gasteiger partial charge is 0.462 e. The van der Waals surface area contributed by atoms with Gasteiger partial charge in [0.05, 0.1) is 24.6 Å². The monoisotopic (exact) mass is 580 g/mol. The van der Waals surface area contributed by atoms with E-state index in [2.05, 4.69) is 46.8 Å². The zero-order valence-electron chi connectivity index (χ0n) is 24.9. The maximum absolute atomic E-state index is 11.2. The van der Waals surface area contributed by atoms with Crippen LogP contribution >= 0.6 is 0 Å². The van der Waals surface area contributed by atoms with Gasteiger partial charge in [0, 0.05) is 59.6 Å². The summed E-state index contributed by atoms with van der Waals surface area (Å²) in [5.41, 5.74) is 9.10. The molecule has 0 aliphatic heterocycles. The minimum atomic E-state index is -0.418. The number of hydrogen-bond acceptors (Lipinski definition) is 6. The molecule has 2 aromatic carbocycles. The number of nitrogens with zero attached hydrogens (tertiary/aromatic N) is 2. The number of carbonyl (C=O) groups is 2. The van der Waals surface area contributed by atoms with Gasteiger partial charge in [-0.25, -0.2) is 9.59 Å². The smallest absolute Gasteiger partial charge is 0.330 e. The van der Waals surface area contributed by atoms with Crippen LogP contribution in [-0.2, 0) is 31.9 Å². The van der Waals surface area contributed by atoms with E-state index < -0.39 is 11.9 Å². The fourth-order valence-corrected chi connectivity index (χ4v) is 4.24. The number of benzene rings is 2. The van der Waals surface area contributed by atoms with Crippen molar-refractivity contribution in [1.82, 2.24) is 9.97 Å². The molecule has 0 saturated heterocycles. The molecule has 0 fully saturated rings. The first-order valence-electron chi connectivity index (χ1n) is 14.1. The Bertz CT molecular complexity index is 1660. The lowest BCUT2D eigenvalue weighted by atomic mass is 10.0. The SMILES string of the molecule is C=CC(=O)OCCc1ccc(C#Cc2cnc(-c3ncc(C#Cc4ccc(CCOC(=O)C=C)cc4)cc3C)c(C)c2)cc1. The van der Waals surface area contributed by atoms with E-state index in [0.29, 0.717) is 26.1 Å². The average molecular weight is 581 g/mol. The quantitative estimate of drug-likeness (QED) is 0.135. The summed E-state index contributed by atoms with van der Waals surface area (Å²) in [6, 6.07) is 19.7. The lowest BCUT2D eigenvalue weighted by Gasteiger charge is -2.08. The number of rotatable bonds is 9. The standard InChI is InChI=1S/C38H32N2O4/c1-5-35(41)43-21-19-31-11-7-29(8-12-31)15-17-33-23-27(3)37(39-25-33)38-28(4)24-34(26-40-38)18-16-30-9-13-32(14-10-30)20-22-44-36(42)6-2/h5-14,23-26H,1-2,19-22H2,3-4H3. The Kier molecular flexibility index (Phi) is 11.0. The second-order valence-corrected chi connectivity index (χ2v) is 9.92. The maximum atomic E-state index is 11.2. The Morgan fingerprint density at radius 3 is 1.34 bits per heavy atom. The van der Waals surface area contributed by atoms with Gasteiger partial charge in [-0.15, -0.1) is 0 Å². The molecule has 2 aromatic heterocycles. The molecule has 0 spiro atoms. The Morgan fingerprint density at radius 1 is 0.636 bits per heavy atom. The summed E-state index contributed by atoms with van der Waals surface area (Å²) in [6.07, 6.45) is 7.11. The molecule has 0 aliphatic rings. The highest BCUT2D eigenvalue weighted by molar-refractivity contribution is 5.81. The van der Waals surface area contributed by atoms with Crippen LogP contribution in [0.5, 0.6) is 0 Å². The van der Waals surface area contributed by atoms with E-state index in [1.807, 2.05) is 74.5 Å². The van der Waals surface area contributed by atoms with Crippen LogP contribution in [0.15, 0.2) is 98.4 Å². The van der Waals surface area contributed by atoms with Gasteiger partial charge < -0.3 is 9.47 Å². The lowest BCUT2D eigenvalue weighted by Crippen LogP contribution is -2.04. The summed E-state index contributed by atoms with van der Waals surface area (Å²) >= 11 is 0. The number of esters is 2. The van der Waals surface area contributed by atoms with Crippen LogP contribution in [-0.4, -0.2) is 35.1 Å². The van der Waals surface area contributed by atoms with Gasteiger partial charge in [-0.3, -0.25) is 9.97 Å². The molecule has 6 heteroatoms. The number of aromatic nitrogens is 2. The highest BCUT2D eigenvalue weighted by Gasteiger charge is 2.10. The second kappa shape index (κ2) is 15.5. The molecule has 4 rings (SSSR count). The first kappa shape index (κ1) is 31.2. The molecular formula is C38H32N2O4. The van der Waals surface area contributed by atoms with Crippen LogP contribution in [0.2, 0.25) is 0 Å². The van der Waals surface area contributed by atoms with E-state index in [1.165, 1.54) is 0 Å². The highest BCUT2D eigenvalue weighted by Crippen LogP contribution is 2.23. The van der Waals surface area contributed by atoms with Gasteiger partial charge >= 0.3 is 11.9 Å². The predicted octanol–water partition coefficient (Wildman–Crippen LogP) is 6.10. The van der Waals surface area contributed by atoms with Gasteiger partial charge in [0.15, 0.2) is 0 Å². The topological polar surface area (TPSA) is 78.4 Å². The van der Waals surface area contributed by atoms with Crippen molar-refractivity contribution in [2.45, 2.75) is 26.7 Å². The second-order valence-electron chi connectivity index (χ2n) is 9.92. The first-order valence-corrected chi connectivity index (χ1v) is 14.1.